The van der Waals surface area contributed by atoms with Crippen LogP contribution in [0.3, 0.4) is 0 Å². The molecule has 1 unspecified atom stereocenters. The lowest BCUT2D eigenvalue weighted by Crippen LogP contribution is -2.24. The second-order valence-corrected chi connectivity index (χ2v) is 10.8. The Labute approximate surface area is 211 Å². The molecular weight excluding hydrogens is 502 g/mol. The van der Waals surface area contributed by atoms with Gasteiger partial charge in [0.25, 0.3) is 5.91 Å². The number of amides is 1. The number of thioether (sulfide) groups is 1. The number of aliphatic hydroxyl groups excluding tert-OH is 1. The zero-order chi connectivity index (χ0) is 25.9. The number of aromatic amines is 1. The predicted octanol–water partition coefficient (Wildman–Crippen LogP) is 3.00. The van der Waals surface area contributed by atoms with E-state index in [-0.39, 0.29) is 16.2 Å². The molecule has 12 heteroatoms. The number of aliphatic hydroxyl groups is 1. The molecule has 4 rings (SSSR count). The second-order valence-electron chi connectivity index (χ2n) is 7.83. The van der Waals surface area contributed by atoms with E-state index < -0.39 is 27.8 Å². The summed E-state index contributed by atoms with van der Waals surface area (Å²) >= 11 is 1.40. The first-order chi connectivity index (χ1) is 17.1. The van der Waals surface area contributed by atoms with Crippen molar-refractivity contribution >= 4 is 44.5 Å². The Morgan fingerprint density at radius 1 is 1.14 bits per heavy atom. The largest absolute Gasteiger partial charge is 0.456 e. The van der Waals surface area contributed by atoms with Crippen molar-refractivity contribution in [3.05, 3.63) is 77.9 Å². The molecule has 0 aliphatic carbocycles. The van der Waals surface area contributed by atoms with Crippen LogP contribution in [0, 0.1) is 0 Å². The van der Waals surface area contributed by atoms with E-state index in [9.17, 15) is 18.3 Å². The Bertz CT molecular complexity index is 1510. The number of para-hydroxylation sites is 2. The molecule has 0 fully saturated rings. The first kappa shape index (κ1) is 25.2. The maximum Gasteiger partial charge on any atom is 0.280 e. The molecule has 4 aromatic rings. The van der Waals surface area contributed by atoms with Crippen LogP contribution in [0.2, 0.25) is 0 Å². The number of nitrogens with one attached hydrogen (secondary N) is 1. The number of nitrogens with two attached hydrogens (primary N) is 2. The minimum Gasteiger partial charge on any atom is -0.456 e. The second kappa shape index (κ2) is 10.4. The molecule has 3 aromatic carbocycles. The molecule has 36 heavy (non-hydrogen) atoms. The Hall–Kier alpha value is -3.87. The molecule has 6 N–H and O–H groups in total. The quantitative estimate of drug-likeness (QED) is 0.153. The number of benzene rings is 3. The smallest absolute Gasteiger partial charge is 0.280 e. The first-order valence-corrected chi connectivity index (χ1v) is 13.5. The fraction of sp³-hybridized carbons (Fsp3) is 0.125. The van der Waals surface area contributed by atoms with Crippen molar-refractivity contribution in [2.45, 2.75) is 16.2 Å². The Kier molecular flexibility index (Phi) is 7.29. The van der Waals surface area contributed by atoms with Gasteiger partial charge in [0, 0.05) is 17.6 Å². The molecule has 10 nitrogen and oxygen atoms in total. The maximum absolute atomic E-state index is 12.3. The van der Waals surface area contributed by atoms with Crippen molar-refractivity contribution in [3.8, 4) is 11.5 Å². The lowest BCUT2D eigenvalue weighted by Gasteiger charge is -2.13. The number of fused-ring (bicyclic) bond motifs is 1. The van der Waals surface area contributed by atoms with E-state index in [0.717, 1.165) is 23.4 Å². The minimum absolute atomic E-state index is 0.00315. The Morgan fingerprint density at radius 3 is 2.53 bits per heavy atom. The monoisotopic (exact) mass is 525 g/mol. The fourth-order valence-corrected chi connectivity index (χ4v) is 5.00. The van der Waals surface area contributed by atoms with Crippen LogP contribution in [0.5, 0.6) is 11.5 Å². The number of hydrogen-bond acceptors (Lipinski definition) is 7. The highest BCUT2D eigenvalue weighted by Crippen LogP contribution is 2.31. The summed E-state index contributed by atoms with van der Waals surface area (Å²) in [5, 5.41) is 11.3. The third-order valence-corrected chi connectivity index (χ3v) is 7.13. The summed E-state index contributed by atoms with van der Waals surface area (Å²) in [6.45, 7) is 0. The number of nitrogens with zero attached hydrogens (tertiary/aromatic N) is 2. The van der Waals surface area contributed by atoms with E-state index in [1.807, 2.05) is 24.3 Å². The van der Waals surface area contributed by atoms with Gasteiger partial charge in [-0.25, -0.2) is 13.4 Å². The number of aromatic nitrogens is 2. The van der Waals surface area contributed by atoms with Crippen molar-refractivity contribution in [2.75, 3.05) is 12.0 Å². The molecule has 186 valence electrons. The molecule has 0 aliphatic rings. The maximum atomic E-state index is 12.3. The van der Waals surface area contributed by atoms with Crippen molar-refractivity contribution in [3.63, 3.8) is 0 Å². The molecule has 1 aromatic heterocycles. The fourth-order valence-electron chi connectivity index (χ4n) is 3.33. The Balaban J connectivity index is 1.46. The summed E-state index contributed by atoms with van der Waals surface area (Å²) in [6.07, 6.45) is 0.244. The van der Waals surface area contributed by atoms with Crippen LogP contribution in [0.25, 0.3) is 11.0 Å². The lowest BCUT2D eigenvalue weighted by atomic mass is 10.1. The van der Waals surface area contributed by atoms with Gasteiger partial charge in [0.1, 0.15) is 16.4 Å². The average Bonchev–Trinajstić information content (AvgIpc) is 3.25. The van der Waals surface area contributed by atoms with Crippen LogP contribution in [-0.2, 0) is 9.84 Å². The number of rotatable bonds is 8. The van der Waals surface area contributed by atoms with Crippen LogP contribution in [0.1, 0.15) is 22.0 Å². The highest BCUT2D eigenvalue weighted by atomic mass is 32.2. The van der Waals surface area contributed by atoms with Gasteiger partial charge >= 0.3 is 0 Å². The summed E-state index contributed by atoms with van der Waals surface area (Å²) in [5.74, 6) is -0.440. The molecule has 0 bridgehead atoms. The average molecular weight is 526 g/mol. The van der Waals surface area contributed by atoms with E-state index in [1.165, 1.54) is 23.9 Å². The van der Waals surface area contributed by atoms with Gasteiger partial charge in [-0.2, -0.15) is 4.99 Å². The van der Waals surface area contributed by atoms with Crippen molar-refractivity contribution in [1.29, 1.82) is 0 Å². The standard InChI is InChI=1S/C24H23N5O5S2/c1-36(32,33)21-12-15(22(31)29-23(25)26)8-11-20(21)34-16-9-6-14(7-10-16)19(30)13-35-24-27-17-4-2-3-5-18(17)28-24/h2-12,19,30H,13H2,1H3,(H,27,28)(H4,25,26,29,31). The molecule has 0 saturated heterocycles. The molecule has 0 aliphatic heterocycles. The highest BCUT2D eigenvalue weighted by Gasteiger charge is 2.19. The van der Waals surface area contributed by atoms with Gasteiger partial charge in [-0.05, 0) is 48.0 Å². The minimum atomic E-state index is -3.74. The number of hydrogen-bond donors (Lipinski definition) is 4. The van der Waals surface area contributed by atoms with Crippen molar-refractivity contribution in [2.24, 2.45) is 16.5 Å². The number of carbonyl (C=O) groups is 1. The molecular formula is C24H23N5O5S2. The van der Waals surface area contributed by atoms with Crippen molar-refractivity contribution < 1.29 is 23.1 Å². The third kappa shape index (κ3) is 6.03. The number of guanidine groups is 1. The predicted molar refractivity (Wildman–Crippen MR) is 138 cm³/mol. The van der Waals surface area contributed by atoms with E-state index >= 15 is 0 Å². The molecule has 0 saturated carbocycles. The zero-order valence-corrected chi connectivity index (χ0v) is 20.7. The van der Waals surface area contributed by atoms with Gasteiger partial charge in [-0.3, -0.25) is 4.79 Å². The lowest BCUT2D eigenvalue weighted by molar-refractivity contribution is 0.100. The molecule has 1 atom stereocenters. The SMILES string of the molecule is CS(=O)(=O)c1cc(C(=O)N=C(N)N)ccc1Oc1ccc(C(O)CSc2nc3ccccc3[nH]2)cc1. The number of imidazole rings is 1. The number of H-pyrrole nitrogens is 1. The molecule has 1 heterocycles. The van der Waals surface area contributed by atoms with Gasteiger partial charge in [-0.1, -0.05) is 36.0 Å². The van der Waals surface area contributed by atoms with Gasteiger partial charge in [0.15, 0.2) is 21.0 Å². The van der Waals surface area contributed by atoms with Crippen molar-refractivity contribution in [1.82, 2.24) is 9.97 Å². The highest BCUT2D eigenvalue weighted by molar-refractivity contribution is 7.99. The van der Waals surface area contributed by atoms with Gasteiger partial charge in [0.05, 0.1) is 17.1 Å². The number of ether oxygens (including phenoxy) is 1. The summed E-state index contributed by atoms with van der Waals surface area (Å²) < 4.78 is 30.4. The van der Waals surface area contributed by atoms with Crippen LogP contribution >= 0.6 is 11.8 Å². The van der Waals surface area contributed by atoms with E-state index in [0.29, 0.717) is 22.2 Å². The van der Waals surface area contributed by atoms with Gasteiger partial charge in [0.2, 0.25) is 0 Å². The molecule has 0 radical (unpaired) electrons. The number of aliphatic imine (C=N–C) groups is 1. The summed E-state index contributed by atoms with van der Waals surface area (Å²) in [4.78, 5) is 23.0. The van der Waals surface area contributed by atoms with Crippen LogP contribution in [-0.4, -0.2) is 47.4 Å². The summed E-state index contributed by atoms with van der Waals surface area (Å²) in [5.41, 5.74) is 12.9. The van der Waals surface area contributed by atoms with Crippen LogP contribution in [0.4, 0.5) is 0 Å². The van der Waals surface area contributed by atoms with Crippen LogP contribution < -0.4 is 16.2 Å². The summed E-state index contributed by atoms with van der Waals surface area (Å²) in [7, 11) is -3.74. The third-order valence-electron chi connectivity index (χ3n) is 5.06. The van der Waals surface area contributed by atoms with E-state index in [4.69, 9.17) is 16.2 Å². The molecule has 0 spiro atoms. The van der Waals surface area contributed by atoms with Gasteiger partial charge in [-0.15, -0.1) is 0 Å². The normalized spacial score (nSPS) is 12.3. The van der Waals surface area contributed by atoms with E-state index in [1.54, 1.807) is 24.3 Å². The Morgan fingerprint density at radius 2 is 1.86 bits per heavy atom. The van der Waals surface area contributed by atoms with E-state index in [2.05, 4.69) is 15.0 Å². The topological polar surface area (TPSA) is 174 Å². The number of sulfone groups is 1. The number of carbonyl (C=O) groups excluding carboxylic acids is 1. The zero-order valence-electron chi connectivity index (χ0n) is 19.1. The molecule has 1 amide bonds. The van der Waals surface area contributed by atoms with Gasteiger partial charge < -0.3 is 26.3 Å². The van der Waals surface area contributed by atoms with Crippen LogP contribution in [0.15, 0.2) is 81.8 Å². The summed E-state index contributed by atoms with van der Waals surface area (Å²) in [6, 6.07) is 18.2. The first-order valence-electron chi connectivity index (χ1n) is 10.6.